The number of nitrogens with zero attached hydrogens (tertiary/aromatic N) is 4. The summed E-state index contributed by atoms with van der Waals surface area (Å²) >= 11 is 6.26. The Hall–Kier alpha value is -1.97. The van der Waals surface area contributed by atoms with E-state index in [2.05, 4.69) is 25.9 Å². The molecule has 0 spiro atoms. The second-order valence-electron chi connectivity index (χ2n) is 6.39. The van der Waals surface area contributed by atoms with Crippen molar-refractivity contribution in [3.63, 3.8) is 0 Å². The van der Waals surface area contributed by atoms with Gasteiger partial charge >= 0.3 is 0 Å². The first kappa shape index (κ1) is 17.2. The highest BCUT2D eigenvalue weighted by Crippen LogP contribution is 2.37. The zero-order valence-corrected chi connectivity index (χ0v) is 17.2. The van der Waals surface area contributed by atoms with Crippen LogP contribution in [0.2, 0.25) is 0 Å². The summed E-state index contributed by atoms with van der Waals surface area (Å²) in [7, 11) is 0. The van der Waals surface area contributed by atoms with Crippen molar-refractivity contribution in [1.29, 1.82) is 0 Å². The van der Waals surface area contributed by atoms with Crippen molar-refractivity contribution in [2.75, 3.05) is 0 Å². The Balaban J connectivity index is 1.52. The third-order valence-electron chi connectivity index (χ3n) is 4.42. The topological polar surface area (TPSA) is 69.3 Å². The molecule has 1 aliphatic carbocycles. The molecule has 0 N–H and O–H groups in total. The molecule has 4 heterocycles. The van der Waals surface area contributed by atoms with E-state index in [1.807, 2.05) is 22.1 Å². The van der Waals surface area contributed by atoms with Crippen molar-refractivity contribution in [2.24, 2.45) is 0 Å². The van der Waals surface area contributed by atoms with Gasteiger partial charge in [0.15, 0.2) is 5.16 Å². The van der Waals surface area contributed by atoms with E-state index in [0.717, 1.165) is 22.8 Å². The molecule has 9 heteroatoms. The molecule has 0 atom stereocenters. The molecule has 0 saturated heterocycles. The molecule has 0 radical (unpaired) electrons. The van der Waals surface area contributed by atoms with Gasteiger partial charge in [-0.1, -0.05) is 11.8 Å². The molecule has 0 unspecified atom stereocenters. The maximum absolute atomic E-state index is 12.8. The predicted molar refractivity (Wildman–Crippen MR) is 111 cm³/mol. The maximum Gasteiger partial charge on any atom is 0.272 e. The van der Waals surface area contributed by atoms with Gasteiger partial charge in [-0.05, 0) is 52.4 Å². The molecule has 27 heavy (non-hydrogen) atoms. The summed E-state index contributed by atoms with van der Waals surface area (Å²) in [6, 6.07) is 7.31. The van der Waals surface area contributed by atoms with Gasteiger partial charge < -0.3 is 0 Å². The van der Waals surface area contributed by atoms with Crippen LogP contribution in [0, 0.1) is 0 Å². The summed E-state index contributed by atoms with van der Waals surface area (Å²) in [5, 5.41) is 2.60. The summed E-state index contributed by atoms with van der Waals surface area (Å²) in [5.74, 6) is 0.483. The fourth-order valence-electron chi connectivity index (χ4n) is 3.00. The fourth-order valence-corrected chi connectivity index (χ4v) is 5.06. The van der Waals surface area contributed by atoms with Gasteiger partial charge in [-0.3, -0.25) is 18.6 Å². The second-order valence-corrected chi connectivity index (χ2v) is 9.16. The van der Waals surface area contributed by atoms with Crippen molar-refractivity contribution < 1.29 is 0 Å². The van der Waals surface area contributed by atoms with E-state index in [4.69, 9.17) is 0 Å². The number of thioether (sulfide) groups is 1. The molecule has 0 aliphatic heterocycles. The molecular formula is C18H13BrN4O2S2. The van der Waals surface area contributed by atoms with Crippen LogP contribution in [0.4, 0.5) is 0 Å². The molecule has 5 rings (SSSR count). The van der Waals surface area contributed by atoms with E-state index in [-0.39, 0.29) is 17.2 Å². The van der Waals surface area contributed by atoms with E-state index < -0.39 is 0 Å². The lowest BCUT2D eigenvalue weighted by Gasteiger charge is -2.11. The molecule has 0 aromatic carbocycles. The van der Waals surface area contributed by atoms with Crippen LogP contribution in [-0.4, -0.2) is 18.9 Å². The Kier molecular flexibility index (Phi) is 4.18. The van der Waals surface area contributed by atoms with Crippen molar-refractivity contribution in [1.82, 2.24) is 18.9 Å². The summed E-state index contributed by atoms with van der Waals surface area (Å²) in [4.78, 5) is 34.4. The van der Waals surface area contributed by atoms with Gasteiger partial charge in [0.1, 0.15) is 10.3 Å². The zero-order valence-electron chi connectivity index (χ0n) is 14.0. The Morgan fingerprint density at radius 3 is 2.89 bits per heavy atom. The molecular weight excluding hydrogens is 448 g/mol. The smallest absolute Gasteiger partial charge is 0.272 e. The molecule has 6 nitrogen and oxygen atoms in total. The Bertz CT molecular complexity index is 1310. The highest BCUT2D eigenvalue weighted by Gasteiger charge is 2.29. The molecule has 4 aromatic rings. The number of pyridine rings is 1. The van der Waals surface area contributed by atoms with Crippen LogP contribution in [0.25, 0.3) is 15.9 Å². The van der Waals surface area contributed by atoms with Gasteiger partial charge in [-0.25, -0.2) is 9.97 Å². The fraction of sp³-hybridized carbons (Fsp3) is 0.222. The third kappa shape index (κ3) is 3.13. The standard InChI is InChI=1S/C18H13BrN4O2S2/c19-10-1-4-14-20-11(7-15(24)22(14)8-10)9-27-18-21-13-5-6-26-16(13)17(25)23(18)12-2-3-12/h1,4-8,12H,2-3,9H2. The van der Waals surface area contributed by atoms with Crippen molar-refractivity contribution in [2.45, 2.75) is 29.8 Å². The first-order valence-corrected chi connectivity index (χ1v) is 11.1. The minimum atomic E-state index is -0.127. The minimum absolute atomic E-state index is 0.0383. The molecule has 1 aliphatic rings. The Labute approximate surface area is 170 Å². The van der Waals surface area contributed by atoms with E-state index >= 15 is 0 Å². The lowest BCUT2D eigenvalue weighted by Crippen LogP contribution is -2.21. The average Bonchev–Trinajstić information content (AvgIpc) is 3.37. The van der Waals surface area contributed by atoms with Crippen LogP contribution in [0.5, 0.6) is 0 Å². The number of thiophene rings is 1. The maximum atomic E-state index is 12.8. The van der Waals surface area contributed by atoms with Crippen molar-refractivity contribution in [3.05, 3.63) is 66.7 Å². The molecule has 0 amide bonds. The SMILES string of the molecule is O=c1c2sccc2nc(SCc2cc(=O)n3cc(Br)ccc3n2)n1C1CC1. The lowest BCUT2D eigenvalue weighted by molar-refractivity contribution is 0.619. The number of rotatable bonds is 4. The Morgan fingerprint density at radius 1 is 1.22 bits per heavy atom. The second kappa shape index (κ2) is 6.57. The molecule has 0 bridgehead atoms. The predicted octanol–water partition coefficient (Wildman–Crippen LogP) is 3.86. The van der Waals surface area contributed by atoms with Crippen LogP contribution in [0.15, 0.2) is 55.1 Å². The van der Waals surface area contributed by atoms with Gasteiger partial charge in [-0.2, -0.15) is 0 Å². The number of hydrogen-bond acceptors (Lipinski definition) is 6. The van der Waals surface area contributed by atoms with Crippen LogP contribution < -0.4 is 11.1 Å². The highest BCUT2D eigenvalue weighted by atomic mass is 79.9. The number of fused-ring (bicyclic) bond motifs is 2. The first-order valence-electron chi connectivity index (χ1n) is 8.40. The summed E-state index contributed by atoms with van der Waals surface area (Å²) in [6.07, 6.45) is 3.73. The van der Waals surface area contributed by atoms with Gasteiger partial charge in [0.25, 0.3) is 11.1 Å². The van der Waals surface area contributed by atoms with E-state index in [0.29, 0.717) is 27.0 Å². The summed E-state index contributed by atoms with van der Waals surface area (Å²) < 4.78 is 4.85. The molecule has 4 aromatic heterocycles. The quantitative estimate of drug-likeness (QED) is 0.341. The van der Waals surface area contributed by atoms with Crippen molar-refractivity contribution in [3.8, 4) is 0 Å². The zero-order chi connectivity index (χ0) is 18.5. The van der Waals surface area contributed by atoms with E-state index in [9.17, 15) is 9.59 Å². The molecule has 1 fully saturated rings. The third-order valence-corrected chi connectivity index (χ3v) is 6.76. The Morgan fingerprint density at radius 2 is 2.07 bits per heavy atom. The van der Waals surface area contributed by atoms with Crippen LogP contribution in [0.3, 0.4) is 0 Å². The van der Waals surface area contributed by atoms with Gasteiger partial charge in [0, 0.05) is 28.5 Å². The number of halogens is 1. The van der Waals surface area contributed by atoms with Crippen LogP contribution >= 0.6 is 39.0 Å². The molecule has 136 valence electrons. The van der Waals surface area contributed by atoms with Gasteiger partial charge in [0.05, 0.1) is 11.2 Å². The monoisotopic (exact) mass is 460 g/mol. The number of aromatic nitrogens is 4. The summed E-state index contributed by atoms with van der Waals surface area (Å²) in [5.41, 5.74) is 1.92. The lowest BCUT2D eigenvalue weighted by atomic mass is 10.4. The van der Waals surface area contributed by atoms with Crippen LogP contribution in [0.1, 0.15) is 24.6 Å². The molecule has 1 saturated carbocycles. The van der Waals surface area contributed by atoms with Crippen LogP contribution in [-0.2, 0) is 5.75 Å². The van der Waals surface area contributed by atoms with E-state index in [1.54, 1.807) is 12.3 Å². The highest BCUT2D eigenvalue weighted by molar-refractivity contribution is 9.10. The largest absolute Gasteiger partial charge is 0.283 e. The van der Waals surface area contributed by atoms with E-state index in [1.165, 1.54) is 33.6 Å². The van der Waals surface area contributed by atoms with Crippen molar-refractivity contribution >= 4 is 54.9 Å². The number of hydrogen-bond donors (Lipinski definition) is 0. The first-order chi connectivity index (χ1) is 13.1. The normalized spacial score (nSPS) is 14.3. The minimum Gasteiger partial charge on any atom is -0.283 e. The van der Waals surface area contributed by atoms with Gasteiger partial charge in [0.2, 0.25) is 0 Å². The summed E-state index contributed by atoms with van der Waals surface area (Å²) in [6.45, 7) is 0. The average molecular weight is 461 g/mol. The van der Waals surface area contributed by atoms with Gasteiger partial charge in [-0.15, -0.1) is 11.3 Å².